The zero-order valence-corrected chi connectivity index (χ0v) is 11.2. The van der Waals surface area contributed by atoms with Gasteiger partial charge in [-0.1, -0.05) is 19.1 Å². The summed E-state index contributed by atoms with van der Waals surface area (Å²) in [6.45, 7) is 12.0. The summed E-state index contributed by atoms with van der Waals surface area (Å²) in [5.41, 5.74) is 2.37. The minimum atomic E-state index is 0.858. The lowest BCUT2D eigenvalue weighted by atomic mass is 10.3. The maximum atomic E-state index is 4.58. The summed E-state index contributed by atoms with van der Waals surface area (Å²) in [5, 5.41) is 6.42. The fourth-order valence-corrected chi connectivity index (χ4v) is 2.34. The smallest absolute Gasteiger partial charge is 0.107 e. The Bertz CT molecular complexity index is 333. The maximum absolute atomic E-state index is 4.58. The lowest BCUT2D eigenvalue weighted by Gasteiger charge is -2.18. The molecule has 0 aliphatic carbocycles. The van der Waals surface area contributed by atoms with Crippen LogP contribution in [0.15, 0.2) is 17.5 Å². The molecule has 0 aliphatic rings. The van der Waals surface area contributed by atoms with Gasteiger partial charge in [-0.15, -0.1) is 11.3 Å². The highest BCUT2D eigenvalue weighted by molar-refractivity contribution is 7.09. The van der Waals surface area contributed by atoms with Gasteiger partial charge in [0.25, 0.3) is 0 Å². The first-order valence-corrected chi connectivity index (χ1v) is 6.48. The number of nitrogens with zero attached hydrogens (tertiary/aromatic N) is 2. The number of aromatic nitrogens is 1. The molecule has 1 N–H and O–H groups in total. The van der Waals surface area contributed by atoms with Gasteiger partial charge in [0, 0.05) is 25.0 Å². The lowest BCUT2D eigenvalue weighted by molar-refractivity contribution is 0.301. The molecule has 90 valence electrons. The van der Waals surface area contributed by atoms with E-state index in [9.17, 15) is 0 Å². The zero-order valence-electron chi connectivity index (χ0n) is 10.4. The van der Waals surface area contributed by atoms with Crippen LogP contribution in [0.4, 0.5) is 0 Å². The summed E-state index contributed by atoms with van der Waals surface area (Å²) in [7, 11) is 1.94. The first-order chi connectivity index (χ1) is 7.65. The number of rotatable bonds is 7. The van der Waals surface area contributed by atoms with E-state index >= 15 is 0 Å². The Morgan fingerprint density at radius 1 is 1.62 bits per heavy atom. The number of nitrogens with one attached hydrogen (secondary N) is 1. The van der Waals surface area contributed by atoms with Crippen molar-refractivity contribution < 1.29 is 0 Å². The SMILES string of the molecule is C=C(C)CN(CC)Cc1csc(CNC)n1. The second kappa shape index (κ2) is 6.78. The molecule has 0 bridgehead atoms. The van der Waals surface area contributed by atoms with Crippen molar-refractivity contribution >= 4 is 11.3 Å². The van der Waals surface area contributed by atoms with Crippen LogP contribution in [0.1, 0.15) is 24.5 Å². The van der Waals surface area contributed by atoms with Gasteiger partial charge in [-0.3, -0.25) is 4.90 Å². The van der Waals surface area contributed by atoms with Crippen LogP contribution < -0.4 is 5.32 Å². The molecule has 0 fully saturated rings. The Balaban J connectivity index is 2.52. The first kappa shape index (κ1) is 13.4. The molecule has 0 atom stereocenters. The van der Waals surface area contributed by atoms with Crippen molar-refractivity contribution in [2.45, 2.75) is 26.9 Å². The molecule has 0 radical (unpaired) electrons. The lowest BCUT2D eigenvalue weighted by Crippen LogP contribution is -2.24. The summed E-state index contributed by atoms with van der Waals surface area (Å²) in [6, 6.07) is 0. The van der Waals surface area contributed by atoms with E-state index in [1.807, 2.05) is 7.05 Å². The Morgan fingerprint density at radius 2 is 2.38 bits per heavy atom. The van der Waals surface area contributed by atoms with Gasteiger partial charge in [0.05, 0.1) is 5.69 Å². The Hall–Kier alpha value is -0.710. The molecule has 16 heavy (non-hydrogen) atoms. The van der Waals surface area contributed by atoms with Crippen molar-refractivity contribution in [1.82, 2.24) is 15.2 Å². The van der Waals surface area contributed by atoms with E-state index in [2.05, 4.69) is 41.0 Å². The van der Waals surface area contributed by atoms with E-state index in [0.717, 1.165) is 31.2 Å². The molecule has 0 unspecified atom stereocenters. The van der Waals surface area contributed by atoms with Gasteiger partial charge in [0.2, 0.25) is 0 Å². The van der Waals surface area contributed by atoms with Gasteiger partial charge < -0.3 is 5.32 Å². The van der Waals surface area contributed by atoms with Gasteiger partial charge in [-0.05, 0) is 20.5 Å². The van der Waals surface area contributed by atoms with Crippen LogP contribution in [-0.4, -0.2) is 30.0 Å². The van der Waals surface area contributed by atoms with Crippen LogP contribution in [0.3, 0.4) is 0 Å². The summed E-state index contributed by atoms with van der Waals surface area (Å²) < 4.78 is 0. The van der Waals surface area contributed by atoms with Crippen molar-refractivity contribution in [3.63, 3.8) is 0 Å². The number of thiazole rings is 1. The predicted octanol–water partition coefficient (Wildman–Crippen LogP) is 2.26. The molecular formula is C12H21N3S. The Morgan fingerprint density at radius 3 is 2.94 bits per heavy atom. The maximum Gasteiger partial charge on any atom is 0.107 e. The van der Waals surface area contributed by atoms with Crippen LogP contribution in [0.2, 0.25) is 0 Å². The van der Waals surface area contributed by atoms with Crippen LogP contribution in [0.25, 0.3) is 0 Å². The minimum absolute atomic E-state index is 0.858. The third-order valence-corrected chi connectivity index (χ3v) is 3.15. The van der Waals surface area contributed by atoms with E-state index in [0.29, 0.717) is 0 Å². The predicted molar refractivity (Wildman–Crippen MR) is 70.6 cm³/mol. The van der Waals surface area contributed by atoms with Crippen molar-refractivity contribution in [3.8, 4) is 0 Å². The van der Waals surface area contributed by atoms with Gasteiger partial charge >= 0.3 is 0 Å². The van der Waals surface area contributed by atoms with Gasteiger partial charge in [-0.25, -0.2) is 4.98 Å². The van der Waals surface area contributed by atoms with Gasteiger partial charge in [0.15, 0.2) is 0 Å². The van der Waals surface area contributed by atoms with E-state index < -0.39 is 0 Å². The molecular weight excluding hydrogens is 218 g/mol. The molecule has 1 aromatic heterocycles. The number of likely N-dealkylation sites (N-methyl/N-ethyl adjacent to an activating group) is 1. The molecule has 0 saturated heterocycles. The standard InChI is InChI=1S/C12H21N3S/c1-5-15(7-10(2)3)8-11-9-16-12(14-11)6-13-4/h9,13H,2,5-8H2,1,3-4H3. The number of hydrogen-bond donors (Lipinski definition) is 1. The molecule has 0 spiro atoms. The molecule has 4 heteroatoms. The fraction of sp³-hybridized carbons (Fsp3) is 0.583. The quantitative estimate of drug-likeness (QED) is 0.740. The molecule has 0 aliphatic heterocycles. The molecule has 0 aromatic carbocycles. The average molecular weight is 239 g/mol. The summed E-state index contributed by atoms with van der Waals surface area (Å²) in [4.78, 5) is 6.93. The second-order valence-corrected chi connectivity index (χ2v) is 4.97. The Kier molecular flexibility index (Phi) is 5.66. The first-order valence-electron chi connectivity index (χ1n) is 5.60. The summed E-state index contributed by atoms with van der Waals surface area (Å²) in [6.07, 6.45) is 0. The monoisotopic (exact) mass is 239 g/mol. The van der Waals surface area contributed by atoms with Crippen molar-refractivity contribution in [3.05, 3.63) is 28.2 Å². The van der Waals surface area contributed by atoms with Crippen molar-refractivity contribution in [1.29, 1.82) is 0 Å². The summed E-state index contributed by atoms with van der Waals surface area (Å²) >= 11 is 1.72. The molecule has 1 aromatic rings. The Labute approximate surface area is 102 Å². The highest BCUT2D eigenvalue weighted by atomic mass is 32.1. The van der Waals surface area contributed by atoms with Gasteiger partial charge in [0.1, 0.15) is 5.01 Å². The van der Waals surface area contributed by atoms with Gasteiger partial charge in [-0.2, -0.15) is 0 Å². The summed E-state index contributed by atoms with van der Waals surface area (Å²) in [5.74, 6) is 0. The fourth-order valence-electron chi connectivity index (χ4n) is 1.54. The molecule has 1 rings (SSSR count). The highest BCUT2D eigenvalue weighted by Gasteiger charge is 2.07. The number of hydrogen-bond acceptors (Lipinski definition) is 4. The van der Waals surface area contributed by atoms with Crippen LogP contribution in [-0.2, 0) is 13.1 Å². The van der Waals surface area contributed by atoms with Crippen LogP contribution in [0.5, 0.6) is 0 Å². The van der Waals surface area contributed by atoms with E-state index in [1.54, 1.807) is 11.3 Å². The third-order valence-electron chi connectivity index (χ3n) is 2.25. The molecule has 0 saturated carbocycles. The second-order valence-electron chi connectivity index (χ2n) is 4.02. The molecule has 0 amide bonds. The van der Waals surface area contributed by atoms with E-state index in [-0.39, 0.29) is 0 Å². The van der Waals surface area contributed by atoms with Crippen LogP contribution in [0, 0.1) is 0 Å². The molecule has 3 nitrogen and oxygen atoms in total. The third kappa shape index (κ3) is 4.43. The topological polar surface area (TPSA) is 28.2 Å². The van der Waals surface area contributed by atoms with Crippen molar-refractivity contribution in [2.24, 2.45) is 0 Å². The average Bonchev–Trinajstić information content (AvgIpc) is 2.64. The minimum Gasteiger partial charge on any atom is -0.314 e. The van der Waals surface area contributed by atoms with E-state index in [1.165, 1.54) is 11.3 Å². The normalized spacial score (nSPS) is 11.0. The largest absolute Gasteiger partial charge is 0.314 e. The van der Waals surface area contributed by atoms with Crippen molar-refractivity contribution in [2.75, 3.05) is 20.1 Å². The van der Waals surface area contributed by atoms with E-state index in [4.69, 9.17) is 0 Å². The zero-order chi connectivity index (χ0) is 12.0. The highest BCUT2D eigenvalue weighted by Crippen LogP contribution is 2.12. The van der Waals surface area contributed by atoms with Crippen LogP contribution >= 0.6 is 11.3 Å². The molecule has 1 heterocycles.